The second kappa shape index (κ2) is 6.71. The quantitative estimate of drug-likeness (QED) is 0.848. The number of pyridine rings is 1. The van der Waals surface area contributed by atoms with Gasteiger partial charge < -0.3 is 4.90 Å². The van der Waals surface area contributed by atoms with Crippen LogP contribution >= 0.6 is 11.6 Å². The van der Waals surface area contributed by atoms with Crippen LogP contribution in [0.3, 0.4) is 0 Å². The molecule has 0 spiro atoms. The molecule has 0 N–H and O–H groups in total. The van der Waals surface area contributed by atoms with Crippen molar-refractivity contribution in [1.82, 2.24) is 9.88 Å². The van der Waals surface area contributed by atoms with E-state index in [9.17, 15) is 5.26 Å². The molecule has 0 aliphatic heterocycles. The van der Waals surface area contributed by atoms with Gasteiger partial charge >= 0.3 is 0 Å². The first-order valence-corrected chi connectivity index (χ1v) is 7.20. The lowest BCUT2D eigenvalue weighted by atomic mass is 9.75. The molecule has 0 saturated carbocycles. The van der Waals surface area contributed by atoms with Crippen molar-refractivity contribution >= 4 is 11.6 Å². The Morgan fingerprint density at radius 3 is 2.43 bits per heavy atom. The number of nitrogens with zero attached hydrogens (tertiary/aromatic N) is 3. The summed E-state index contributed by atoms with van der Waals surface area (Å²) >= 11 is 5.97. The molecule has 2 rings (SSSR count). The second-order valence-electron chi connectivity index (χ2n) is 5.29. The highest BCUT2D eigenvalue weighted by Gasteiger charge is 2.35. The van der Waals surface area contributed by atoms with Crippen LogP contribution < -0.4 is 0 Å². The summed E-state index contributed by atoms with van der Waals surface area (Å²) < 4.78 is 0. The van der Waals surface area contributed by atoms with Gasteiger partial charge in [-0.1, -0.05) is 29.8 Å². The Kier molecular flexibility index (Phi) is 4.95. The molecule has 0 aliphatic carbocycles. The smallest absolute Gasteiger partial charge is 0.125 e. The zero-order chi connectivity index (χ0) is 15.3. The minimum absolute atomic E-state index is 0.666. The Labute approximate surface area is 130 Å². The maximum atomic E-state index is 9.92. The average Bonchev–Trinajstić information content (AvgIpc) is 2.51. The van der Waals surface area contributed by atoms with Crippen LogP contribution in [-0.4, -0.2) is 30.5 Å². The predicted octanol–water partition coefficient (Wildman–Crippen LogP) is 3.50. The van der Waals surface area contributed by atoms with Crippen molar-refractivity contribution in [3.8, 4) is 6.07 Å². The Hall–Kier alpha value is -1.89. The molecule has 4 heteroatoms. The summed E-state index contributed by atoms with van der Waals surface area (Å²) in [6.07, 6.45) is 2.40. The summed E-state index contributed by atoms with van der Waals surface area (Å²) in [6.45, 7) is 0.798. The third kappa shape index (κ3) is 3.41. The maximum Gasteiger partial charge on any atom is 0.125 e. The van der Waals surface area contributed by atoms with Crippen molar-refractivity contribution in [3.63, 3.8) is 0 Å². The van der Waals surface area contributed by atoms with Crippen molar-refractivity contribution in [2.24, 2.45) is 0 Å². The predicted molar refractivity (Wildman–Crippen MR) is 85.3 cm³/mol. The molecule has 1 atom stereocenters. The van der Waals surface area contributed by atoms with Gasteiger partial charge in [0.15, 0.2) is 0 Å². The van der Waals surface area contributed by atoms with E-state index < -0.39 is 5.41 Å². The first-order valence-electron chi connectivity index (χ1n) is 6.82. The maximum absolute atomic E-state index is 9.92. The summed E-state index contributed by atoms with van der Waals surface area (Å²) in [6, 6.07) is 15.6. The van der Waals surface area contributed by atoms with Crippen LogP contribution in [0.4, 0.5) is 0 Å². The topological polar surface area (TPSA) is 39.9 Å². The molecule has 0 aliphatic rings. The molecule has 0 bridgehead atoms. The fourth-order valence-corrected chi connectivity index (χ4v) is 2.46. The molecule has 2 aromatic rings. The van der Waals surface area contributed by atoms with E-state index in [2.05, 4.69) is 16.0 Å². The van der Waals surface area contributed by atoms with Crippen LogP contribution in [0.1, 0.15) is 17.7 Å². The Balaban J connectivity index is 2.52. The van der Waals surface area contributed by atoms with Gasteiger partial charge in [0.05, 0.1) is 11.8 Å². The van der Waals surface area contributed by atoms with Gasteiger partial charge in [0.1, 0.15) is 5.41 Å². The van der Waals surface area contributed by atoms with Gasteiger partial charge in [-0.05, 0) is 56.9 Å². The molecule has 0 saturated heterocycles. The Morgan fingerprint density at radius 1 is 1.19 bits per heavy atom. The molecule has 0 radical (unpaired) electrons. The largest absolute Gasteiger partial charge is 0.309 e. The molecule has 108 valence electrons. The number of halogens is 1. The van der Waals surface area contributed by atoms with E-state index in [1.54, 1.807) is 6.20 Å². The lowest BCUT2D eigenvalue weighted by molar-refractivity contribution is 0.369. The summed E-state index contributed by atoms with van der Waals surface area (Å²) in [4.78, 5) is 6.50. The number of hydrogen-bond donors (Lipinski definition) is 0. The van der Waals surface area contributed by atoms with Gasteiger partial charge in [-0.3, -0.25) is 4.98 Å². The van der Waals surface area contributed by atoms with E-state index in [0.717, 1.165) is 17.8 Å². The number of nitriles is 1. The number of hydrogen-bond acceptors (Lipinski definition) is 3. The van der Waals surface area contributed by atoms with E-state index in [0.29, 0.717) is 11.4 Å². The fourth-order valence-electron chi connectivity index (χ4n) is 2.34. The third-order valence-corrected chi connectivity index (χ3v) is 3.82. The molecule has 21 heavy (non-hydrogen) atoms. The molecular formula is C17H18ClN3. The highest BCUT2D eigenvalue weighted by molar-refractivity contribution is 6.30. The highest BCUT2D eigenvalue weighted by Crippen LogP contribution is 2.34. The van der Waals surface area contributed by atoms with E-state index in [1.807, 2.05) is 56.6 Å². The van der Waals surface area contributed by atoms with Crippen LogP contribution in [0.15, 0.2) is 48.7 Å². The van der Waals surface area contributed by atoms with Crippen LogP contribution in [0.5, 0.6) is 0 Å². The minimum atomic E-state index is -0.754. The molecule has 1 unspecified atom stereocenters. The first-order chi connectivity index (χ1) is 10.1. The van der Waals surface area contributed by atoms with Crippen molar-refractivity contribution in [1.29, 1.82) is 5.26 Å². The van der Waals surface area contributed by atoms with Crippen molar-refractivity contribution in [2.75, 3.05) is 20.6 Å². The second-order valence-corrected chi connectivity index (χ2v) is 5.73. The van der Waals surface area contributed by atoms with Crippen molar-refractivity contribution in [3.05, 3.63) is 64.9 Å². The molecule has 0 fully saturated rings. The van der Waals surface area contributed by atoms with Gasteiger partial charge in [0.25, 0.3) is 0 Å². The SMILES string of the molecule is CN(C)CCC(C#N)(c1ccc(Cl)cc1)c1ccccn1. The van der Waals surface area contributed by atoms with Crippen LogP contribution in [-0.2, 0) is 5.41 Å². The highest BCUT2D eigenvalue weighted by atomic mass is 35.5. The molecule has 1 aromatic carbocycles. The van der Waals surface area contributed by atoms with Crippen molar-refractivity contribution in [2.45, 2.75) is 11.8 Å². The summed E-state index contributed by atoms with van der Waals surface area (Å²) in [5.74, 6) is 0. The first kappa shape index (κ1) is 15.5. The fraction of sp³-hybridized carbons (Fsp3) is 0.294. The zero-order valence-corrected chi connectivity index (χ0v) is 13.0. The normalized spacial score (nSPS) is 13.7. The lowest BCUT2D eigenvalue weighted by Crippen LogP contribution is -2.31. The minimum Gasteiger partial charge on any atom is -0.309 e. The number of rotatable bonds is 5. The number of aromatic nitrogens is 1. The van der Waals surface area contributed by atoms with E-state index in [-0.39, 0.29) is 0 Å². The van der Waals surface area contributed by atoms with Gasteiger partial charge in [0, 0.05) is 11.2 Å². The van der Waals surface area contributed by atoms with Gasteiger partial charge in [-0.15, -0.1) is 0 Å². The standard InChI is InChI=1S/C17H18ClN3/c1-21(2)12-10-17(13-19,16-5-3-4-11-20-16)14-6-8-15(18)9-7-14/h3-9,11H,10,12H2,1-2H3. The van der Waals surface area contributed by atoms with Crippen molar-refractivity contribution < 1.29 is 0 Å². The van der Waals surface area contributed by atoms with Gasteiger partial charge in [-0.25, -0.2) is 0 Å². The molecule has 3 nitrogen and oxygen atoms in total. The van der Waals surface area contributed by atoms with Gasteiger partial charge in [0.2, 0.25) is 0 Å². The average molecular weight is 300 g/mol. The molecule has 1 aromatic heterocycles. The van der Waals surface area contributed by atoms with E-state index in [4.69, 9.17) is 11.6 Å². The summed E-state index contributed by atoms with van der Waals surface area (Å²) in [5, 5.41) is 10.6. The molecule has 0 amide bonds. The Morgan fingerprint density at radius 2 is 1.90 bits per heavy atom. The molecule has 1 heterocycles. The molecular weight excluding hydrogens is 282 g/mol. The van der Waals surface area contributed by atoms with Crippen LogP contribution in [0.2, 0.25) is 5.02 Å². The van der Waals surface area contributed by atoms with E-state index in [1.165, 1.54) is 0 Å². The van der Waals surface area contributed by atoms with E-state index >= 15 is 0 Å². The van der Waals surface area contributed by atoms with Crippen LogP contribution in [0, 0.1) is 11.3 Å². The lowest BCUT2D eigenvalue weighted by Gasteiger charge is -2.28. The number of benzene rings is 1. The summed E-state index contributed by atoms with van der Waals surface area (Å²) in [7, 11) is 4.00. The monoisotopic (exact) mass is 299 g/mol. The summed E-state index contributed by atoms with van der Waals surface area (Å²) in [5.41, 5.74) is 0.947. The van der Waals surface area contributed by atoms with Crippen LogP contribution in [0.25, 0.3) is 0 Å². The van der Waals surface area contributed by atoms with Gasteiger partial charge in [-0.2, -0.15) is 5.26 Å². The zero-order valence-electron chi connectivity index (χ0n) is 12.3. The third-order valence-electron chi connectivity index (χ3n) is 3.56. The Bertz CT molecular complexity index is 617.